The highest BCUT2D eigenvalue weighted by atomic mass is 16.6. The predicted molar refractivity (Wildman–Crippen MR) is 182 cm³/mol. The summed E-state index contributed by atoms with van der Waals surface area (Å²) >= 11 is 0. The second-order valence-electron chi connectivity index (χ2n) is 12.2. The normalized spacial score (nSPS) is 12.0. The lowest BCUT2D eigenvalue weighted by Gasteiger charge is -2.23. The first-order valence-corrected chi connectivity index (χ1v) is 15.9. The molecule has 50 heavy (non-hydrogen) atoms. The topological polar surface area (TPSA) is 201 Å². The number of hydrogen-bond acceptors (Lipinski definition) is 9. The predicted octanol–water partition coefficient (Wildman–Crippen LogP) is 1.65. The minimum absolute atomic E-state index is 0.0266. The number of esters is 1. The first kappa shape index (κ1) is 38.5. The Morgan fingerprint density at radius 2 is 1.12 bits per heavy atom. The third kappa shape index (κ3) is 14.9. The number of phenolic OH excluding ortho intramolecular Hbond substituents is 1. The largest absolute Gasteiger partial charge is 0.508 e. The standard InChI is InChI=1S/C36H43N5O9/c1-36(2,3)50-35(48)41-29(19-25-14-16-27(42)17-15-25)34(47)39-21-31(44)40-28(18-24-10-6-4-7-11-24)33(46)38-20-30(43)37-22-32(45)49-23-26-12-8-5-9-13-26/h4-17,28-29,42H,18-23H2,1-3H3,(H,37,43)(H,38,46)(H,39,47)(H,40,44)(H,41,48)/t28-,29-/m0/s1. The Labute approximate surface area is 290 Å². The van der Waals surface area contributed by atoms with Crippen molar-refractivity contribution in [1.29, 1.82) is 0 Å². The molecule has 0 bridgehead atoms. The molecule has 6 N–H and O–H groups in total. The van der Waals surface area contributed by atoms with Crippen LogP contribution in [-0.4, -0.2) is 78.1 Å². The van der Waals surface area contributed by atoms with Gasteiger partial charge in [0, 0.05) is 12.8 Å². The molecule has 14 heteroatoms. The highest BCUT2D eigenvalue weighted by molar-refractivity contribution is 5.93. The van der Waals surface area contributed by atoms with Crippen LogP contribution in [0, 0.1) is 0 Å². The molecular weight excluding hydrogens is 646 g/mol. The van der Waals surface area contributed by atoms with Crippen molar-refractivity contribution in [3.05, 3.63) is 102 Å². The lowest BCUT2D eigenvalue weighted by molar-refractivity contribution is -0.145. The van der Waals surface area contributed by atoms with Crippen molar-refractivity contribution >= 4 is 35.7 Å². The molecule has 266 valence electrons. The number of ether oxygens (including phenoxy) is 2. The van der Waals surface area contributed by atoms with Gasteiger partial charge >= 0.3 is 12.1 Å². The number of carbonyl (C=O) groups is 6. The van der Waals surface area contributed by atoms with Gasteiger partial charge in [0.15, 0.2) is 0 Å². The summed E-state index contributed by atoms with van der Waals surface area (Å²) in [6, 6.07) is 21.7. The summed E-state index contributed by atoms with van der Waals surface area (Å²) in [6.07, 6.45) is -0.740. The first-order chi connectivity index (χ1) is 23.8. The number of nitrogens with one attached hydrogen (secondary N) is 5. The molecular formula is C36H43N5O9. The number of phenols is 1. The molecule has 0 saturated heterocycles. The van der Waals surface area contributed by atoms with Crippen LogP contribution in [0.1, 0.15) is 37.5 Å². The molecule has 3 aromatic rings. The Kier molecular flexibility index (Phi) is 14.8. The fourth-order valence-corrected chi connectivity index (χ4v) is 4.43. The van der Waals surface area contributed by atoms with Gasteiger partial charge in [0.1, 0.15) is 36.6 Å². The molecule has 0 aliphatic heterocycles. The van der Waals surface area contributed by atoms with E-state index >= 15 is 0 Å². The van der Waals surface area contributed by atoms with Crippen LogP contribution in [0.5, 0.6) is 5.75 Å². The maximum Gasteiger partial charge on any atom is 0.408 e. The third-order valence-electron chi connectivity index (χ3n) is 6.84. The van der Waals surface area contributed by atoms with E-state index in [-0.39, 0.29) is 25.2 Å². The van der Waals surface area contributed by atoms with Gasteiger partial charge in [-0.05, 0) is 49.6 Å². The van der Waals surface area contributed by atoms with Crippen LogP contribution in [0.25, 0.3) is 0 Å². The van der Waals surface area contributed by atoms with Crippen molar-refractivity contribution < 1.29 is 43.3 Å². The summed E-state index contributed by atoms with van der Waals surface area (Å²) in [5.41, 5.74) is 1.30. The van der Waals surface area contributed by atoms with Crippen molar-refractivity contribution in [2.75, 3.05) is 19.6 Å². The summed E-state index contributed by atoms with van der Waals surface area (Å²) < 4.78 is 10.4. The minimum Gasteiger partial charge on any atom is -0.508 e. The molecule has 3 aromatic carbocycles. The van der Waals surface area contributed by atoms with Crippen molar-refractivity contribution in [3.63, 3.8) is 0 Å². The van der Waals surface area contributed by atoms with Gasteiger partial charge in [-0.1, -0.05) is 72.8 Å². The summed E-state index contributed by atoms with van der Waals surface area (Å²) in [5, 5.41) is 22.0. The second kappa shape index (κ2) is 19.2. The molecule has 0 fully saturated rings. The third-order valence-corrected chi connectivity index (χ3v) is 6.84. The number of rotatable bonds is 16. The van der Waals surface area contributed by atoms with Gasteiger partial charge in [-0.25, -0.2) is 4.79 Å². The fourth-order valence-electron chi connectivity index (χ4n) is 4.43. The van der Waals surface area contributed by atoms with Crippen LogP contribution in [0.2, 0.25) is 0 Å². The molecule has 0 aliphatic carbocycles. The molecule has 0 radical (unpaired) electrons. The Hall–Kier alpha value is -5.92. The van der Waals surface area contributed by atoms with Crippen LogP contribution < -0.4 is 26.6 Å². The average Bonchev–Trinajstić information content (AvgIpc) is 3.08. The zero-order valence-corrected chi connectivity index (χ0v) is 28.2. The van der Waals surface area contributed by atoms with E-state index in [9.17, 15) is 33.9 Å². The van der Waals surface area contributed by atoms with Gasteiger partial charge in [0.25, 0.3) is 0 Å². The van der Waals surface area contributed by atoms with Crippen molar-refractivity contribution in [2.45, 2.75) is 57.9 Å². The number of hydrogen-bond donors (Lipinski definition) is 6. The Balaban J connectivity index is 1.56. The van der Waals surface area contributed by atoms with Crippen LogP contribution in [-0.2, 0) is 52.9 Å². The zero-order chi connectivity index (χ0) is 36.5. The molecule has 2 atom stereocenters. The lowest BCUT2D eigenvalue weighted by Crippen LogP contribution is -2.54. The maximum atomic E-state index is 13.2. The van der Waals surface area contributed by atoms with Gasteiger partial charge in [-0.15, -0.1) is 0 Å². The van der Waals surface area contributed by atoms with E-state index < -0.39 is 73.0 Å². The van der Waals surface area contributed by atoms with Crippen LogP contribution in [0.15, 0.2) is 84.9 Å². The van der Waals surface area contributed by atoms with Gasteiger partial charge in [0.2, 0.25) is 23.6 Å². The van der Waals surface area contributed by atoms with Crippen molar-refractivity contribution in [3.8, 4) is 5.75 Å². The molecule has 3 rings (SSSR count). The number of aromatic hydroxyl groups is 1. The molecule has 0 saturated carbocycles. The number of carbonyl (C=O) groups excluding carboxylic acids is 6. The SMILES string of the molecule is CC(C)(C)OC(=O)N[C@@H](Cc1ccc(O)cc1)C(=O)NCC(=O)N[C@@H](Cc1ccccc1)C(=O)NCC(=O)NCC(=O)OCc1ccccc1. The number of benzene rings is 3. The van der Waals surface area contributed by atoms with Crippen LogP contribution in [0.4, 0.5) is 4.79 Å². The molecule has 14 nitrogen and oxygen atoms in total. The highest BCUT2D eigenvalue weighted by Gasteiger charge is 2.26. The van der Waals surface area contributed by atoms with E-state index in [1.807, 2.05) is 6.07 Å². The lowest BCUT2D eigenvalue weighted by atomic mass is 10.0. The van der Waals surface area contributed by atoms with Crippen LogP contribution in [0.3, 0.4) is 0 Å². The van der Waals surface area contributed by atoms with Crippen molar-refractivity contribution in [2.24, 2.45) is 0 Å². The molecule has 0 aromatic heterocycles. The molecule has 0 heterocycles. The first-order valence-electron chi connectivity index (χ1n) is 15.9. The van der Waals surface area contributed by atoms with Gasteiger partial charge in [-0.3, -0.25) is 24.0 Å². The minimum atomic E-state index is -1.14. The van der Waals surface area contributed by atoms with Crippen molar-refractivity contribution in [1.82, 2.24) is 26.6 Å². The molecule has 5 amide bonds. The zero-order valence-electron chi connectivity index (χ0n) is 28.2. The van der Waals surface area contributed by atoms with E-state index in [4.69, 9.17) is 9.47 Å². The molecule has 0 spiro atoms. The Bertz CT molecular complexity index is 1590. The second-order valence-corrected chi connectivity index (χ2v) is 12.2. The summed E-state index contributed by atoms with van der Waals surface area (Å²) in [4.78, 5) is 76.1. The Morgan fingerprint density at radius 1 is 0.620 bits per heavy atom. The number of amides is 5. The van der Waals surface area contributed by atoms with E-state index in [1.54, 1.807) is 87.5 Å². The summed E-state index contributed by atoms with van der Waals surface area (Å²) in [5.74, 6) is -3.35. The van der Waals surface area contributed by atoms with Gasteiger partial charge in [-0.2, -0.15) is 0 Å². The van der Waals surface area contributed by atoms with Gasteiger partial charge in [0.05, 0.1) is 13.1 Å². The Morgan fingerprint density at radius 3 is 1.68 bits per heavy atom. The van der Waals surface area contributed by atoms with Crippen LogP contribution >= 0.6 is 0 Å². The molecule has 0 aliphatic rings. The summed E-state index contributed by atoms with van der Waals surface area (Å²) in [6.45, 7) is 3.65. The average molecular weight is 690 g/mol. The van der Waals surface area contributed by atoms with Gasteiger partial charge < -0.3 is 41.2 Å². The number of alkyl carbamates (subject to hydrolysis) is 1. The van der Waals surface area contributed by atoms with E-state index in [0.29, 0.717) is 5.56 Å². The van der Waals surface area contributed by atoms with E-state index in [1.165, 1.54) is 12.1 Å². The van der Waals surface area contributed by atoms with E-state index in [0.717, 1.165) is 11.1 Å². The quantitative estimate of drug-likeness (QED) is 0.121. The monoisotopic (exact) mass is 689 g/mol. The maximum absolute atomic E-state index is 13.2. The smallest absolute Gasteiger partial charge is 0.408 e. The highest BCUT2D eigenvalue weighted by Crippen LogP contribution is 2.13. The fraction of sp³-hybridized carbons (Fsp3) is 0.333. The summed E-state index contributed by atoms with van der Waals surface area (Å²) in [7, 11) is 0. The molecule has 0 unspecified atom stereocenters. The van der Waals surface area contributed by atoms with E-state index in [2.05, 4.69) is 26.6 Å².